The van der Waals surface area contributed by atoms with Crippen LogP contribution in [0, 0.1) is 6.92 Å². The Labute approximate surface area is 58.9 Å². The lowest BCUT2D eigenvalue weighted by molar-refractivity contribution is 0.932. The first kappa shape index (κ1) is 6.49. The van der Waals surface area contributed by atoms with E-state index in [4.69, 9.17) is 11.6 Å². The Balaban J connectivity index is 2.88. The maximum atomic E-state index is 5.48. The minimum atomic E-state index is 0.438. The number of hydrogen-bond donors (Lipinski definition) is 0. The van der Waals surface area contributed by atoms with Gasteiger partial charge in [0.05, 0.1) is 17.3 Å². The zero-order valence-electron chi connectivity index (χ0n) is 5.13. The van der Waals surface area contributed by atoms with Crippen molar-refractivity contribution in [3.05, 3.63) is 23.5 Å². The van der Waals surface area contributed by atoms with E-state index in [-0.39, 0.29) is 0 Å². The molecule has 0 saturated heterocycles. The zero-order chi connectivity index (χ0) is 6.69. The minimum Gasteiger partial charge on any atom is -0.156 e. The van der Waals surface area contributed by atoms with Crippen molar-refractivity contribution in [1.82, 2.24) is 10.2 Å². The van der Waals surface area contributed by atoms with E-state index in [2.05, 4.69) is 10.2 Å². The van der Waals surface area contributed by atoms with Gasteiger partial charge < -0.3 is 0 Å². The van der Waals surface area contributed by atoms with Crippen LogP contribution in [0.4, 0.5) is 0 Å². The second-order valence-electron chi connectivity index (χ2n) is 1.80. The number of rotatable bonds is 1. The van der Waals surface area contributed by atoms with Gasteiger partial charge in [0.2, 0.25) is 0 Å². The fourth-order valence-electron chi connectivity index (χ4n) is 0.498. The monoisotopic (exact) mass is 142 g/mol. The maximum Gasteiger partial charge on any atom is 0.0778 e. The van der Waals surface area contributed by atoms with Crippen molar-refractivity contribution in [2.75, 3.05) is 0 Å². The van der Waals surface area contributed by atoms with E-state index in [0.29, 0.717) is 5.88 Å². The van der Waals surface area contributed by atoms with Gasteiger partial charge in [0.25, 0.3) is 0 Å². The molecule has 2 nitrogen and oxygen atoms in total. The van der Waals surface area contributed by atoms with Gasteiger partial charge in [-0.1, -0.05) is 0 Å². The highest BCUT2D eigenvalue weighted by Gasteiger charge is 1.89. The van der Waals surface area contributed by atoms with Crippen LogP contribution < -0.4 is 0 Å². The van der Waals surface area contributed by atoms with Gasteiger partial charge in [0.15, 0.2) is 0 Å². The molecule has 0 aliphatic heterocycles. The third-order valence-electron chi connectivity index (χ3n) is 0.990. The van der Waals surface area contributed by atoms with Crippen molar-refractivity contribution >= 4 is 11.6 Å². The highest BCUT2D eigenvalue weighted by atomic mass is 35.5. The Morgan fingerprint density at radius 3 is 2.67 bits per heavy atom. The van der Waals surface area contributed by atoms with Crippen molar-refractivity contribution in [2.24, 2.45) is 0 Å². The Morgan fingerprint density at radius 1 is 1.44 bits per heavy atom. The lowest BCUT2D eigenvalue weighted by Crippen LogP contribution is -1.89. The van der Waals surface area contributed by atoms with Crippen LogP contribution >= 0.6 is 11.6 Å². The molecular weight excluding hydrogens is 136 g/mol. The molecule has 0 spiro atoms. The molecule has 0 amide bonds. The average molecular weight is 143 g/mol. The molecule has 1 aromatic rings. The summed E-state index contributed by atoms with van der Waals surface area (Å²) in [5.41, 5.74) is 1.74. The number of hydrogen-bond acceptors (Lipinski definition) is 2. The number of aryl methyl sites for hydroxylation is 1. The first-order valence-corrected chi connectivity index (χ1v) is 3.21. The molecule has 1 aromatic heterocycles. The first-order valence-electron chi connectivity index (χ1n) is 2.68. The third-order valence-corrected chi connectivity index (χ3v) is 1.26. The van der Waals surface area contributed by atoms with Crippen LogP contribution in [0.25, 0.3) is 0 Å². The summed E-state index contributed by atoms with van der Waals surface area (Å²) in [4.78, 5) is 0. The van der Waals surface area contributed by atoms with E-state index in [1.165, 1.54) is 0 Å². The van der Waals surface area contributed by atoms with E-state index in [0.717, 1.165) is 11.4 Å². The molecule has 3 heteroatoms. The van der Waals surface area contributed by atoms with Crippen LogP contribution in [0.1, 0.15) is 11.4 Å². The lowest BCUT2D eigenvalue weighted by atomic mass is 10.4. The molecule has 0 unspecified atom stereocenters. The molecule has 0 radical (unpaired) electrons. The molecule has 1 heterocycles. The van der Waals surface area contributed by atoms with Gasteiger partial charge in [-0.15, -0.1) is 11.6 Å². The molecule has 0 fully saturated rings. The summed E-state index contributed by atoms with van der Waals surface area (Å²) in [7, 11) is 0. The summed E-state index contributed by atoms with van der Waals surface area (Å²) < 4.78 is 0. The van der Waals surface area contributed by atoms with Gasteiger partial charge in [-0.25, -0.2) is 0 Å². The Hall–Kier alpha value is -0.630. The number of nitrogens with zero attached hydrogens (tertiary/aromatic N) is 2. The van der Waals surface area contributed by atoms with E-state index in [1.807, 2.05) is 19.1 Å². The summed E-state index contributed by atoms with van der Waals surface area (Å²) in [6.07, 6.45) is 0. The Morgan fingerprint density at radius 2 is 2.22 bits per heavy atom. The van der Waals surface area contributed by atoms with Crippen molar-refractivity contribution in [2.45, 2.75) is 12.8 Å². The fraction of sp³-hybridized carbons (Fsp3) is 0.333. The van der Waals surface area contributed by atoms with Crippen molar-refractivity contribution in [3.63, 3.8) is 0 Å². The largest absolute Gasteiger partial charge is 0.156 e. The van der Waals surface area contributed by atoms with E-state index < -0.39 is 0 Å². The van der Waals surface area contributed by atoms with E-state index in [9.17, 15) is 0 Å². The molecular formula is C6H7ClN2. The fourth-order valence-corrected chi connectivity index (χ4v) is 0.640. The smallest absolute Gasteiger partial charge is 0.0778 e. The molecule has 0 aliphatic carbocycles. The van der Waals surface area contributed by atoms with E-state index in [1.54, 1.807) is 0 Å². The molecule has 0 atom stereocenters. The van der Waals surface area contributed by atoms with Gasteiger partial charge in [0, 0.05) is 0 Å². The summed E-state index contributed by atoms with van der Waals surface area (Å²) in [6.45, 7) is 1.89. The SMILES string of the molecule is Cc1ccc(CCl)nn1. The normalized spacial score (nSPS) is 9.56. The minimum absolute atomic E-state index is 0.438. The average Bonchev–Trinajstić information content (AvgIpc) is 1.90. The van der Waals surface area contributed by atoms with Gasteiger partial charge in [-0.05, 0) is 19.1 Å². The molecule has 0 aromatic carbocycles. The third kappa shape index (κ3) is 1.64. The topological polar surface area (TPSA) is 25.8 Å². The van der Waals surface area contributed by atoms with Crippen LogP contribution in [0.15, 0.2) is 12.1 Å². The predicted molar refractivity (Wildman–Crippen MR) is 36.3 cm³/mol. The van der Waals surface area contributed by atoms with Gasteiger partial charge in [0.1, 0.15) is 0 Å². The maximum absolute atomic E-state index is 5.48. The highest BCUT2D eigenvalue weighted by Crippen LogP contribution is 1.97. The second kappa shape index (κ2) is 2.78. The summed E-state index contributed by atoms with van der Waals surface area (Å²) in [6, 6.07) is 3.76. The Bertz CT molecular complexity index is 183. The number of halogens is 1. The lowest BCUT2D eigenvalue weighted by Gasteiger charge is -1.90. The summed E-state index contributed by atoms with van der Waals surface area (Å²) >= 11 is 5.48. The van der Waals surface area contributed by atoms with E-state index >= 15 is 0 Å². The van der Waals surface area contributed by atoms with Crippen LogP contribution in [0.3, 0.4) is 0 Å². The van der Waals surface area contributed by atoms with Crippen molar-refractivity contribution in [1.29, 1.82) is 0 Å². The zero-order valence-corrected chi connectivity index (χ0v) is 5.89. The molecule has 9 heavy (non-hydrogen) atoms. The number of aromatic nitrogens is 2. The van der Waals surface area contributed by atoms with Crippen LogP contribution in [-0.4, -0.2) is 10.2 Å². The summed E-state index contributed by atoms with van der Waals surface area (Å²) in [5.74, 6) is 0.438. The predicted octanol–water partition coefficient (Wildman–Crippen LogP) is 1.52. The molecule has 0 aliphatic rings. The molecule has 48 valence electrons. The standard InChI is InChI=1S/C6H7ClN2/c1-5-2-3-6(4-7)9-8-5/h2-3H,4H2,1H3. The molecule has 0 N–H and O–H groups in total. The first-order chi connectivity index (χ1) is 4.33. The quantitative estimate of drug-likeness (QED) is 0.556. The van der Waals surface area contributed by atoms with Crippen LogP contribution in [0.2, 0.25) is 0 Å². The van der Waals surface area contributed by atoms with Crippen molar-refractivity contribution in [3.8, 4) is 0 Å². The van der Waals surface area contributed by atoms with Crippen molar-refractivity contribution < 1.29 is 0 Å². The van der Waals surface area contributed by atoms with Gasteiger partial charge in [-0.2, -0.15) is 10.2 Å². The molecule has 1 rings (SSSR count). The number of alkyl halides is 1. The highest BCUT2D eigenvalue weighted by molar-refractivity contribution is 6.16. The van der Waals surface area contributed by atoms with Gasteiger partial charge in [-0.3, -0.25) is 0 Å². The summed E-state index contributed by atoms with van der Waals surface area (Å²) in [5, 5.41) is 7.63. The van der Waals surface area contributed by atoms with Gasteiger partial charge >= 0.3 is 0 Å². The Kier molecular flexibility index (Phi) is 2.01. The van der Waals surface area contributed by atoms with Crippen LogP contribution in [0.5, 0.6) is 0 Å². The molecule has 0 saturated carbocycles. The van der Waals surface area contributed by atoms with Crippen LogP contribution in [-0.2, 0) is 5.88 Å². The second-order valence-corrected chi connectivity index (χ2v) is 2.07. The molecule has 0 bridgehead atoms.